The van der Waals surface area contributed by atoms with Gasteiger partial charge in [0.15, 0.2) is 0 Å². The largest absolute Gasteiger partial charge is 0.497 e. The van der Waals surface area contributed by atoms with E-state index in [0.717, 1.165) is 19.3 Å². The van der Waals surface area contributed by atoms with Gasteiger partial charge in [-0.3, -0.25) is 9.59 Å². The van der Waals surface area contributed by atoms with Crippen molar-refractivity contribution < 1.29 is 22.7 Å². The number of hydrogen-bond acceptors (Lipinski definition) is 5. The van der Waals surface area contributed by atoms with Gasteiger partial charge in [-0.15, -0.1) is 0 Å². The standard InChI is InChI=1S/C23H29N3O5S/c1-3-25(17-22(27)24-18-10-9-11-19(16-18)31-2)23(28)20-12-5-6-13-21(20)32(29,30)26-14-7-4-8-15-26/h5-6,9-13,16H,3-4,7-8,14-15,17H2,1-2H3,(H,24,27). The average molecular weight is 460 g/mol. The van der Waals surface area contributed by atoms with Gasteiger partial charge in [-0.25, -0.2) is 8.42 Å². The van der Waals surface area contributed by atoms with E-state index in [1.807, 2.05) is 0 Å². The zero-order valence-electron chi connectivity index (χ0n) is 18.4. The van der Waals surface area contributed by atoms with E-state index >= 15 is 0 Å². The Labute approximate surface area is 189 Å². The third kappa shape index (κ3) is 5.46. The molecule has 2 aromatic carbocycles. The predicted octanol–water partition coefficient (Wildman–Crippen LogP) is 2.97. The molecule has 0 aromatic heterocycles. The molecule has 1 aliphatic rings. The van der Waals surface area contributed by atoms with Crippen LogP contribution >= 0.6 is 0 Å². The van der Waals surface area contributed by atoms with Gasteiger partial charge in [-0.2, -0.15) is 4.31 Å². The molecule has 0 radical (unpaired) electrons. The van der Waals surface area contributed by atoms with Gasteiger partial charge in [0.25, 0.3) is 5.91 Å². The maximum Gasteiger partial charge on any atom is 0.255 e. The van der Waals surface area contributed by atoms with Crippen LogP contribution in [0.5, 0.6) is 5.75 Å². The number of likely N-dealkylation sites (N-methyl/N-ethyl adjacent to an activating group) is 1. The van der Waals surface area contributed by atoms with Crippen molar-refractivity contribution in [2.45, 2.75) is 31.1 Å². The summed E-state index contributed by atoms with van der Waals surface area (Å²) in [6.07, 6.45) is 2.61. The molecule has 1 fully saturated rings. The lowest BCUT2D eigenvalue weighted by atomic mass is 10.2. The number of nitrogens with zero attached hydrogens (tertiary/aromatic N) is 2. The van der Waals surface area contributed by atoms with E-state index < -0.39 is 15.9 Å². The lowest BCUT2D eigenvalue weighted by Gasteiger charge is -2.27. The van der Waals surface area contributed by atoms with Gasteiger partial charge in [-0.1, -0.05) is 24.6 Å². The van der Waals surface area contributed by atoms with Crippen LogP contribution in [0.15, 0.2) is 53.4 Å². The minimum atomic E-state index is -3.79. The molecule has 2 amide bonds. The average Bonchev–Trinajstić information content (AvgIpc) is 2.82. The molecule has 1 N–H and O–H groups in total. The highest BCUT2D eigenvalue weighted by Crippen LogP contribution is 2.24. The van der Waals surface area contributed by atoms with E-state index in [4.69, 9.17) is 4.74 Å². The lowest BCUT2D eigenvalue weighted by Crippen LogP contribution is -2.40. The van der Waals surface area contributed by atoms with E-state index in [-0.39, 0.29) is 29.5 Å². The SMILES string of the molecule is CCN(CC(=O)Nc1cccc(OC)c1)C(=O)c1ccccc1S(=O)(=O)N1CCCCC1. The number of methoxy groups -OCH3 is 1. The van der Waals surface area contributed by atoms with E-state index in [0.29, 0.717) is 24.5 Å². The van der Waals surface area contributed by atoms with Crippen LogP contribution in [-0.4, -0.2) is 62.7 Å². The molecule has 1 saturated heterocycles. The lowest BCUT2D eigenvalue weighted by molar-refractivity contribution is -0.116. The van der Waals surface area contributed by atoms with Gasteiger partial charge >= 0.3 is 0 Å². The number of anilines is 1. The zero-order chi connectivity index (χ0) is 23.1. The first-order chi connectivity index (χ1) is 15.4. The van der Waals surface area contributed by atoms with Crippen molar-refractivity contribution in [3.05, 3.63) is 54.1 Å². The van der Waals surface area contributed by atoms with E-state index in [1.54, 1.807) is 43.3 Å². The van der Waals surface area contributed by atoms with Crippen molar-refractivity contribution in [1.29, 1.82) is 0 Å². The molecule has 1 heterocycles. The summed E-state index contributed by atoms with van der Waals surface area (Å²) in [5, 5.41) is 2.75. The summed E-state index contributed by atoms with van der Waals surface area (Å²) in [6, 6.07) is 13.1. The Hall–Kier alpha value is -2.91. The Kier molecular flexibility index (Phi) is 7.87. The highest BCUT2D eigenvalue weighted by molar-refractivity contribution is 7.89. The Balaban J connectivity index is 1.78. The minimum absolute atomic E-state index is 0.0152. The normalized spacial score (nSPS) is 14.6. The molecule has 1 aliphatic heterocycles. The van der Waals surface area contributed by atoms with Crippen molar-refractivity contribution in [1.82, 2.24) is 9.21 Å². The summed E-state index contributed by atoms with van der Waals surface area (Å²) in [7, 11) is -2.26. The van der Waals surface area contributed by atoms with Crippen molar-refractivity contribution in [2.24, 2.45) is 0 Å². The molecular formula is C23H29N3O5S. The molecule has 0 atom stereocenters. The fourth-order valence-corrected chi connectivity index (χ4v) is 5.39. The zero-order valence-corrected chi connectivity index (χ0v) is 19.2. The molecular weight excluding hydrogens is 430 g/mol. The minimum Gasteiger partial charge on any atom is -0.497 e. The number of rotatable bonds is 8. The first-order valence-corrected chi connectivity index (χ1v) is 12.1. The fourth-order valence-electron chi connectivity index (χ4n) is 3.68. The van der Waals surface area contributed by atoms with Gasteiger partial charge in [0.1, 0.15) is 12.3 Å². The van der Waals surface area contributed by atoms with E-state index in [9.17, 15) is 18.0 Å². The Morgan fingerprint density at radius 2 is 1.78 bits per heavy atom. The van der Waals surface area contributed by atoms with Crippen LogP contribution in [-0.2, 0) is 14.8 Å². The molecule has 9 heteroatoms. The van der Waals surface area contributed by atoms with Crippen LogP contribution < -0.4 is 10.1 Å². The fraction of sp³-hybridized carbons (Fsp3) is 0.391. The molecule has 0 unspecified atom stereocenters. The molecule has 3 rings (SSSR count). The van der Waals surface area contributed by atoms with Crippen LogP contribution in [0, 0.1) is 0 Å². The summed E-state index contributed by atoms with van der Waals surface area (Å²) in [5.74, 6) is -0.280. The first kappa shape index (κ1) is 23.7. The van der Waals surface area contributed by atoms with Crippen LogP contribution in [0.25, 0.3) is 0 Å². The highest BCUT2D eigenvalue weighted by Gasteiger charge is 2.31. The molecule has 0 aliphatic carbocycles. The topological polar surface area (TPSA) is 96.0 Å². The molecule has 2 aromatic rings. The van der Waals surface area contributed by atoms with Crippen LogP contribution in [0.3, 0.4) is 0 Å². The van der Waals surface area contributed by atoms with Gasteiger partial charge in [0.05, 0.1) is 17.6 Å². The third-order valence-electron chi connectivity index (χ3n) is 5.41. The predicted molar refractivity (Wildman–Crippen MR) is 122 cm³/mol. The number of sulfonamides is 1. The van der Waals surface area contributed by atoms with E-state index in [1.165, 1.54) is 28.4 Å². The summed E-state index contributed by atoms with van der Waals surface area (Å²) in [5.41, 5.74) is 0.625. The molecule has 32 heavy (non-hydrogen) atoms. The molecule has 8 nitrogen and oxygen atoms in total. The first-order valence-electron chi connectivity index (χ1n) is 10.7. The van der Waals surface area contributed by atoms with Gasteiger partial charge in [0, 0.05) is 31.4 Å². The quantitative estimate of drug-likeness (QED) is 0.655. The second-order valence-electron chi connectivity index (χ2n) is 7.56. The summed E-state index contributed by atoms with van der Waals surface area (Å²) >= 11 is 0. The summed E-state index contributed by atoms with van der Waals surface area (Å²) < 4.78 is 33.0. The van der Waals surface area contributed by atoms with Gasteiger partial charge < -0.3 is 15.0 Å². The monoisotopic (exact) mass is 459 g/mol. The van der Waals surface area contributed by atoms with Crippen molar-refractivity contribution in [3.63, 3.8) is 0 Å². The maximum absolute atomic E-state index is 13.3. The molecule has 0 bridgehead atoms. The number of carbonyl (C=O) groups is 2. The maximum atomic E-state index is 13.3. The van der Waals surface area contributed by atoms with Crippen LogP contribution in [0.4, 0.5) is 5.69 Å². The molecule has 172 valence electrons. The second-order valence-corrected chi connectivity index (χ2v) is 9.47. The Morgan fingerprint density at radius 1 is 1.06 bits per heavy atom. The highest BCUT2D eigenvalue weighted by atomic mass is 32.2. The Bertz CT molecular complexity index is 1060. The summed E-state index contributed by atoms with van der Waals surface area (Å²) in [4.78, 5) is 27.1. The Morgan fingerprint density at radius 3 is 2.47 bits per heavy atom. The summed E-state index contributed by atoms with van der Waals surface area (Å²) in [6.45, 7) is 2.70. The van der Waals surface area contributed by atoms with Crippen molar-refractivity contribution in [2.75, 3.05) is 38.6 Å². The third-order valence-corrected chi connectivity index (χ3v) is 7.36. The van der Waals surface area contributed by atoms with Crippen LogP contribution in [0.1, 0.15) is 36.5 Å². The number of nitrogens with one attached hydrogen (secondary N) is 1. The second kappa shape index (κ2) is 10.6. The number of piperidine rings is 1. The van der Waals surface area contributed by atoms with E-state index in [2.05, 4.69) is 5.32 Å². The smallest absolute Gasteiger partial charge is 0.255 e. The van der Waals surface area contributed by atoms with Gasteiger partial charge in [-0.05, 0) is 44.0 Å². The van der Waals surface area contributed by atoms with Crippen molar-refractivity contribution >= 4 is 27.5 Å². The number of ether oxygens (including phenoxy) is 1. The molecule has 0 saturated carbocycles. The number of benzene rings is 2. The van der Waals surface area contributed by atoms with Crippen LogP contribution in [0.2, 0.25) is 0 Å². The number of amides is 2. The molecule has 0 spiro atoms. The van der Waals surface area contributed by atoms with Crippen molar-refractivity contribution in [3.8, 4) is 5.75 Å². The van der Waals surface area contributed by atoms with Gasteiger partial charge in [0.2, 0.25) is 15.9 Å². The number of carbonyl (C=O) groups excluding carboxylic acids is 2. The number of hydrogen-bond donors (Lipinski definition) is 1.